The molecule has 0 aliphatic carbocycles. The molecule has 0 saturated carbocycles. The van der Waals surface area contributed by atoms with E-state index in [0.29, 0.717) is 12.0 Å². The highest BCUT2D eigenvalue weighted by Crippen LogP contribution is 2.39. The first kappa shape index (κ1) is 35.5. The lowest BCUT2D eigenvalue weighted by atomic mass is 9.91. The highest BCUT2D eigenvalue weighted by Gasteiger charge is 2.32. The Labute approximate surface area is 282 Å². The van der Waals surface area contributed by atoms with Gasteiger partial charge in [0.2, 0.25) is 0 Å². The molecule has 4 heterocycles. The third kappa shape index (κ3) is 8.63. The summed E-state index contributed by atoms with van der Waals surface area (Å²) < 4.78 is 17.4. The molecule has 0 bridgehead atoms. The Hall–Kier alpha value is -2.79. The van der Waals surface area contributed by atoms with E-state index in [-0.39, 0.29) is 6.09 Å². The molecule has 4 aliphatic rings. The molecular weight excluding hydrogens is 594 g/mol. The van der Waals surface area contributed by atoms with Gasteiger partial charge in [-0.05, 0) is 108 Å². The van der Waals surface area contributed by atoms with Gasteiger partial charge in [-0.3, -0.25) is 9.80 Å². The summed E-state index contributed by atoms with van der Waals surface area (Å²) in [5.74, 6) is 2.34. The summed E-state index contributed by atoms with van der Waals surface area (Å²) >= 11 is 0. The number of likely N-dealkylation sites (N-methyl/N-ethyl adjacent to an activating group) is 1. The second-order valence-electron chi connectivity index (χ2n) is 15.0. The monoisotopic (exact) mass is 653 g/mol. The number of amides is 1. The number of benzene rings is 1. The summed E-state index contributed by atoms with van der Waals surface area (Å²) in [4.78, 5) is 24.0. The van der Waals surface area contributed by atoms with Crippen molar-refractivity contribution in [2.45, 2.75) is 84.7 Å². The van der Waals surface area contributed by atoms with Crippen molar-refractivity contribution < 1.29 is 24.1 Å². The maximum absolute atomic E-state index is 12.4. The van der Waals surface area contributed by atoms with Crippen molar-refractivity contribution >= 4 is 11.7 Å². The zero-order valence-electron chi connectivity index (χ0n) is 30.2. The molecule has 262 valence electrons. The number of hydrogen-bond acceptors (Lipinski definition) is 9. The van der Waals surface area contributed by atoms with Crippen molar-refractivity contribution in [3.8, 4) is 11.5 Å². The number of rotatable bonds is 8. The highest BCUT2D eigenvalue weighted by atomic mass is 16.6. The summed E-state index contributed by atoms with van der Waals surface area (Å²) in [5.41, 5.74) is 4.78. The fourth-order valence-corrected chi connectivity index (χ4v) is 7.64. The Morgan fingerprint density at radius 1 is 0.872 bits per heavy atom. The van der Waals surface area contributed by atoms with Crippen LogP contribution in [-0.2, 0) is 11.3 Å². The van der Waals surface area contributed by atoms with Crippen molar-refractivity contribution in [3.05, 3.63) is 40.6 Å². The Bertz CT molecular complexity index is 1270. The molecule has 1 N–H and O–H groups in total. The van der Waals surface area contributed by atoms with E-state index in [0.717, 1.165) is 118 Å². The van der Waals surface area contributed by atoms with Crippen molar-refractivity contribution in [1.29, 1.82) is 0 Å². The third-order valence-electron chi connectivity index (χ3n) is 10.7. The Morgan fingerprint density at radius 2 is 1.47 bits per heavy atom. The number of likely N-dealkylation sites (tertiary alicyclic amines) is 2. The molecule has 3 fully saturated rings. The van der Waals surface area contributed by atoms with Crippen LogP contribution in [0.15, 0.2) is 29.5 Å². The number of carbonyl (C=O) groups excluding carboxylic acids is 1. The molecule has 1 atom stereocenters. The van der Waals surface area contributed by atoms with E-state index in [1.165, 1.54) is 12.8 Å². The number of nitrogens with zero attached hydrogens (tertiary/aromatic N) is 5. The zero-order valence-corrected chi connectivity index (χ0v) is 30.2. The van der Waals surface area contributed by atoms with Gasteiger partial charge in [0, 0.05) is 77.2 Å². The number of aliphatic hydroxyl groups excluding tert-OH is 1. The summed E-state index contributed by atoms with van der Waals surface area (Å²) in [7, 11) is 5.37. The lowest BCUT2D eigenvalue weighted by molar-refractivity contribution is 0.0151. The number of carbonyl (C=O) groups is 1. The minimum absolute atomic E-state index is 0.168. The van der Waals surface area contributed by atoms with Crippen molar-refractivity contribution in [3.63, 3.8) is 0 Å². The zero-order chi connectivity index (χ0) is 33.9. The Kier molecular flexibility index (Phi) is 11.5. The van der Waals surface area contributed by atoms with Crippen LogP contribution in [0.1, 0.15) is 71.4 Å². The number of allylic oxidation sites excluding steroid dienone is 2. The molecule has 10 nitrogen and oxygen atoms in total. The maximum Gasteiger partial charge on any atom is 0.410 e. The van der Waals surface area contributed by atoms with E-state index in [4.69, 9.17) is 14.2 Å². The lowest BCUT2D eigenvalue weighted by Crippen LogP contribution is -2.53. The van der Waals surface area contributed by atoms with Gasteiger partial charge in [0.05, 0.1) is 19.8 Å². The van der Waals surface area contributed by atoms with E-state index in [1.807, 2.05) is 50.7 Å². The van der Waals surface area contributed by atoms with Gasteiger partial charge in [-0.15, -0.1) is 0 Å². The van der Waals surface area contributed by atoms with Crippen LogP contribution >= 0.6 is 0 Å². The molecule has 0 radical (unpaired) electrons. The van der Waals surface area contributed by atoms with E-state index in [2.05, 4.69) is 33.8 Å². The molecule has 0 spiro atoms. The summed E-state index contributed by atoms with van der Waals surface area (Å²) in [6, 6.07) is 4.88. The van der Waals surface area contributed by atoms with E-state index in [1.54, 1.807) is 14.2 Å². The van der Waals surface area contributed by atoms with Crippen LogP contribution in [0, 0.1) is 5.92 Å². The highest BCUT2D eigenvalue weighted by molar-refractivity contribution is 5.82. The van der Waals surface area contributed by atoms with Gasteiger partial charge in [0.1, 0.15) is 23.3 Å². The van der Waals surface area contributed by atoms with E-state index in [9.17, 15) is 9.90 Å². The van der Waals surface area contributed by atoms with E-state index >= 15 is 0 Å². The minimum atomic E-state index is -0.602. The van der Waals surface area contributed by atoms with Gasteiger partial charge in [-0.25, -0.2) is 4.79 Å². The van der Waals surface area contributed by atoms with Crippen LogP contribution in [0.5, 0.6) is 11.5 Å². The number of ether oxygens (including phenoxy) is 3. The largest absolute Gasteiger partial charge is 0.496 e. The number of methoxy groups -OCH3 is 2. The van der Waals surface area contributed by atoms with Gasteiger partial charge < -0.3 is 34.0 Å². The maximum atomic E-state index is 12.4. The normalized spacial score (nSPS) is 23.3. The average molecular weight is 654 g/mol. The lowest BCUT2D eigenvalue weighted by Gasteiger charge is -2.44. The van der Waals surface area contributed by atoms with Gasteiger partial charge in [-0.1, -0.05) is 0 Å². The second-order valence-corrected chi connectivity index (χ2v) is 15.0. The molecule has 1 aromatic rings. The van der Waals surface area contributed by atoms with Crippen LogP contribution in [0.2, 0.25) is 0 Å². The summed E-state index contributed by atoms with van der Waals surface area (Å²) in [6.45, 7) is 19.9. The van der Waals surface area contributed by atoms with Crippen molar-refractivity contribution in [1.82, 2.24) is 24.5 Å². The second kappa shape index (κ2) is 15.2. The van der Waals surface area contributed by atoms with Crippen LogP contribution in [0.25, 0.3) is 5.57 Å². The first-order valence-corrected chi connectivity index (χ1v) is 17.6. The van der Waals surface area contributed by atoms with Gasteiger partial charge in [0.15, 0.2) is 0 Å². The third-order valence-corrected chi connectivity index (χ3v) is 10.7. The molecule has 47 heavy (non-hydrogen) atoms. The number of piperazine rings is 1. The number of hydrogen-bond donors (Lipinski definition) is 1. The average Bonchev–Trinajstić information content (AvgIpc) is 3.05. The molecule has 10 heteroatoms. The molecule has 1 unspecified atom stereocenters. The van der Waals surface area contributed by atoms with Crippen molar-refractivity contribution in [2.75, 3.05) is 80.2 Å². The summed E-state index contributed by atoms with van der Waals surface area (Å²) in [6.07, 6.45) is 5.82. The predicted molar refractivity (Wildman–Crippen MR) is 187 cm³/mol. The molecular formula is C37H59N5O5. The minimum Gasteiger partial charge on any atom is -0.496 e. The van der Waals surface area contributed by atoms with Crippen LogP contribution < -0.4 is 9.47 Å². The topological polar surface area (TPSA) is 81.2 Å². The van der Waals surface area contributed by atoms with Gasteiger partial charge in [0.25, 0.3) is 0 Å². The van der Waals surface area contributed by atoms with Crippen molar-refractivity contribution in [2.24, 2.45) is 5.92 Å². The molecule has 0 aromatic heterocycles. The van der Waals surface area contributed by atoms with Crippen LogP contribution in [0.4, 0.5) is 4.79 Å². The molecule has 3 saturated heterocycles. The Morgan fingerprint density at radius 3 is 2.02 bits per heavy atom. The predicted octanol–water partition coefficient (Wildman–Crippen LogP) is 4.87. The SMILES string of the molecule is COc1cc(C2=CN(C)C(O)C(C)=C2C)cc(OC)c1CN1CCN(C2CCN(CC3CCN(C(=O)OC(C)(C)C)CC3)CC2)CC1. The summed E-state index contributed by atoms with van der Waals surface area (Å²) in [5, 5.41) is 10.5. The smallest absolute Gasteiger partial charge is 0.410 e. The molecule has 4 aliphatic heterocycles. The fraction of sp³-hybridized carbons (Fsp3) is 0.703. The quantitative estimate of drug-likeness (QED) is 0.423. The molecule has 1 aromatic carbocycles. The molecule has 1 amide bonds. The molecule has 5 rings (SSSR count). The standard InChI is InChI=1S/C37H59N5O5/c1-26-27(2)35(43)38(6)24-31(26)29-21-33(45-7)32(34(22-29)46-8)25-40-17-19-41(20-18-40)30-11-13-39(14-12-30)23-28-9-15-42(16-10-28)36(44)47-37(3,4)5/h21-22,24,28,30,35,43H,9-20,23,25H2,1-8H3. The first-order chi connectivity index (χ1) is 22.4. The van der Waals surface area contributed by atoms with Gasteiger partial charge >= 0.3 is 6.09 Å². The van der Waals surface area contributed by atoms with E-state index < -0.39 is 11.8 Å². The number of piperidine rings is 2. The van der Waals surface area contributed by atoms with Crippen LogP contribution in [-0.4, -0.2) is 134 Å². The Balaban J connectivity index is 1.09. The number of aliphatic hydroxyl groups is 1. The fourth-order valence-electron chi connectivity index (χ4n) is 7.64. The first-order valence-electron chi connectivity index (χ1n) is 17.6. The van der Waals surface area contributed by atoms with Crippen LogP contribution in [0.3, 0.4) is 0 Å². The van der Waals surface area contributed by atoms with Gasteiger partial charge in [-0.2, -0.15) is 0 Å².